The first-order valence-corrected chi connectivity index (χ1v) is 9.31. The maximum atomic E-state index is 2.69. The highest BCUT2D eigenvalue weighted by Gasteiger charge is 2.29. The van der Waals surface area contributed by atoms with Gasteiger partial charge in [-0.3, -0.25) is 4.90 Å². The maximum absolute atomic E-state index is 2.69. The maximum Gasteiger partial charge on any atom is 0.0401 e. The largest absolute Gasteiger partial charge is 0.304 e. The van der Waals surface area contributed by atoms with Crippen LogP contribution >= 0.6 is 11.8 Å². The third kappa shape index (κ3) is 3.06. The van der Waals surface area contributed by atoms with E-state index in [9.17, 15) is 0 Å². The first-order chi connectivity index (χ1) is 11.2. The van der Waals surface area contributed by atoms with Crippen molar-refractivity contribution in [2.75, 3.05) is 33.2 Å². The molecular formula is C20H24N2S. The predicted molar refractivity (Wildman–Crippen MR) is 97.3 cm³/mol. The molecule has 0 spiro atoms. The summed E-state index contributed by atoms with van der Waals surface area (Å²) in [7, 11) is 2.23. The third-order valence-electron chi connectivity index (χ3n) is 5.11. The van der Waals surface area contributed by atoms with Crippen LogP contribution < -0.4 is 0 Å². The first kappa shape index (κ1) is 15.3. The average Bonchev–Trinajstić information content (AvgIpc) is 2.72. The lowest BCUT2D eigenvalue weighted by Crippen LogP contribution is -2.46. The topological polar surface area (TPSA) is 6.48 Å². The molecule has 4 rings (SSSR count). The van der Waals surface area contributed by atoms with Gasteiger partial charge in [0.15, 0.2) is 0 Å². The molecule has 2 aliphatic heterocycles. The zero-order valence-electron chi connectivity index (χ0n) is 14.0. The van der Waals surface area contributed by atoms with E-state index >= 15 is 0 Å². The second-order valence-corrected chi connectivity index (χ2v) is 7.89. The van der Waals surface area contributed by atoms with Gasteiger partial charge in [0.1, 0.15) is 0 Å². The van der Waals surface area contributed by atoms with E-state index in [2.05, 4.69) is 66.2 Å². The highest BCUT2D eigenvalue weighted by Crippen LogP contribution is 2.43. The molecule has 2 nitrogen and oxygen atoms in total. The van der Waals surface area contributed by atoms with Crippen molar-refractivity contribution in [3.8, 4) is 0 Å². The van der Waals surface area contributed by atoms with E-state index in [1.165, 1.54) is 52.7 Å². The van der Waals surface area contributed by atoms with Crippen LogP contribution in [0.15, 0.2) is 52.3 Å². The van der Waals surface area contributed by atoms with Crippen LogP contribution in [0.3, 0.4) is 0 Å². The van der Waals surface area contributed by atoms with E-state index in [0.717, 1.165) is 6.42 Å². The van der Waals surface area contributed by atoms with Crippen LogP contribution in [0, 0.1) is 6.92 Å². The zero-order chi connectivity index (χ0) is 15.8. The standard InChI is InChI=1S/C20H24N2S/c1-15-7-8-19-16(13-15)14-18(22-11-9-21(2)10-12-22)17-5-3-4-6-20(17)23-19/h3-8,13,18H,9-12,14H2,1-2H3. The lowest BCUT2D eigenvalue weighted by molar-refractivity contribution is 0.110. The molecular weight excluding hydrogens is 300 g/mol. The number of aryl methyl sites for hydroxylation is 1. The summed E-state index contributed by atoms with van der Waals surface area (Å²) >= 11 is 1.94. The van der Waals surface area contributed by atoms with E-state index in [1.807, 2.05) is 11.8 Å². The summed E-state index contributed by atoms with van der Waals surface area (Å²) in [6.45, 7) is 6.88. The van der Waals surface area contributed by atoms with E-state index in [0.29, 0.717) is 6.04 Å². The molecule has 0 saturated carbocycles. The van der Waals surface area contributed by atoms with Gasteiger partial charge in [0.05, 0.1) is 0 Å². The van der Waals surface area contributed by atoms with Gasteiger partial charge in [0.2, 0.25) is 0 Å². The number of piperazine rings is 1. The molecule has 1 atom stereocenters. The lowest BCUT2D eigenvalue weighted by Gasteiger charge is -2.38. The van der Waals surface area contributed by atoms with Crippen LogP contribution in [-0.4, -0.2) is 43.0 Å². The fourth-order valence-electron chi connectivity index (χ4n) is 3.71. The fraction of sp³-hybridized carbons (Fsp3) is 0.400. The summed E-state index contributed by atoms with van der Waals surface area (Å²) in [4.78, 5) is 7.99. The number of nitrogens with zero attached hydrogens (tertiary/aromatic N) is 2. The molecule has 0 amide bonds. The van der Waals surface area contributed by atoms with Gasteiger partial charge in [-0.15, -0.1) is 0 Å². The molecule has 0 bridgehead atoms. The summed E-state index contributed by atoms with van der Waals surface area (Å²) in [6, 6.07) is 16.4. The molecule has 120 valence electrons. The summed E-state index contributed by atoms with van der Waals surface area (Å²) in [5.74, 6) is 0. The third-order valence-corrected chi connectivity index (χ3v) is 6.32. The monoisotopic (exact) mass is 324 g/mol. The smallest absolute Gasteiger partial charge is 0.0401 e. The second kappa shape index (κ2) is 6.31. The normalized spacial score (nSPS) is 22.3. The molecule has 2 aliphatic rings. The molecule has 2 aromatic rings. The van der Waals surface area contributed by atoms with Crippen molar-refractivity contribution in [3.63, 3.8) is 0 Å². The quantitative estimate of drug-likeness (QED) is 0.783. The number of likely N-dealkylation sites (N-methyl/N-ethyl adjacent to an activating group) is 1. The second-order valence-electron chi connectivity index (χ2n) is 6.81. The Kier molecular flexibility index (Phi) is 4.18. The van der Waals surface area contributed by atoms with Crippen LogP contribution in [0.5, 0.6) is 0 Å². The minimum absolute atomic E-state index is 0.510. The lowest BCUT2D eigenvalue weighted by atomic mass is 9.96. The van der Waals surface area contributed by atoms with E-state index in [1.54, 1.807) is 0 Å². The summed E-state index contributed by atoms with van der Waals surface area (Å²) in [5.41, 5.74) is 4.39. The van der Waals surface area contributed by atoms with Crippen molar-refractivity contribution in [1.82, 2.24) is 9.80 Å². The van der Waals surface area contributed by atoms with Crippen molar-refractivity contribution in [2.45, 2.75) is 29.2 Å². The Balaban J connectivity index is 1.74. The first-order valence-electron chi connectivity index (χ1n) is 8.49. The Morgan fingerprint density at radius 3 is 2.57 bits per heavy atom. The van der Waals surface area contributed by atoms with Gasteiger partial charge in [-0.05, 0) is 43.7 Å². The molecule has 1 saturated heterocycles. The summed E-state index contributed by atoms with van der Waals surface area (Å²) in [5, 5.41) is 0. The molecule has 2 heterocycles. The Morgan fingerprint density at radius 1 is 0.957 bits per heavy atom. The average molecular weight is 324 g/mol. The molecule has 3 heteroatoms. The van der Waals surface area contributed by atoms with Gasteiger partial charge in [0, 0.05) is 42.0 Å². The van der Waals surface area contributed by atoms with Gasteiger partial charge in [0.25, 0.3) is 0 Å². The number of rotatable bonds is 1. The van der Waals surface area contributed by atoms with E-state index in [4.69, 9.17) is 0 Å². The fourth-order valence-corrected chi connectivity index (χ4v) is 4.83. The summed E-state index contributed by atoms with van der Waals surface area (Å²) in [6.07, 6.45) is 1.13. The van der Waals surface area contributed by atoms with Gasteiger partial charge in [-0.25, -0.2) is 0 Å². The minimum atomic E-state index is 0.510. The van der Waals surface area contributed by atoms with Gasteiger partial charge < -0.3 is 4.90 Å². The molecule has 0 radical (unpaired) electrons. The number of fused-ring (bicyclic) bond motifs is 2. The Morgan fingerprint density at radius 2 is 1.74 bits per heavy atom. The molecule has 23 heavy (non-hydrogen) atoms. The highest BCUT2D eigenvalue weighted by atomic mass is 32.2. The van der Waals surface area contributed by atoms with Crippen molar-refractivity contribution in [2.24, 2.45) is 0 Å². The molecule has 0 aromatic heterocycles. The Hall–Kier alpha value is -1.29. The number of hydrogen-bond donors (Lipinski definition) is 0. The Bertz CT molecular complexity index is 705. The van der Waals surface area contributed by atoms with E-state index < -0.39 is 0 Å². The van der Waals surface area contributed by atoms with Gasteiger partial charge >= 0.3 is 0 Å². The number of benzene rings is 2. The van der Waals surface area contributed by atoms with E-state index in [-0.39, 0.29) is 0 Å². The molecule has 0 N–H and O–H groups in total. The zero-order valence-corrected chi connectivity index (χ0v) is 14.8. The van der Waals surface area contributed by atoms with Crippen molar-refractivity contribution >= 4 is 11.8 Å². The Labute approximate surface area is 143 Å². The molecule has 0 aliphatic carbocycles. The molecule has 2 aromatic carbocycles. The predicted octanol–water partition coefficient (Wildman–Crippen LogP) is 3.99. The van der Waals surface area contributed by atoms with Crippen molar-refractivity contribution in [1.29, 1.82) is 0 Å². The van der Waals surface area contributed by atoms with Gasteiger partial charge in [-0.2, -0.15) is 0 Å². The van der Waals surface area contributed by atoms with Crippen molar-refractivity contribution in [3.05, 3.63) is 59.2 Å². The van der Waals surface area contributed by atoms with Gasteiger partial charge in [-0.1, -0.05) is 47.7 Å². The highest BCUT2D eigenvalue weighted by molar-refractivity contribution is 7.99. The summed E-state index contributed by atoms with van der Waals surface area (Å²) < 4.78 is 0. The molecule has 1 unspecified atom stereocenters. The SMILES string of the molecule is Cc1ccc2c(c1)CC(N1CCN(C)CC1)c1ccccc1S2. The minimum Gasteiger partial charge on any atom is -0.304 e. The van der Waals surface area contributed by atoms with Crippen LogP contribution in [-0.2, 0) is 6.42 Å². The molecule has 1 fully saturated rings. The number of hydrogen-bond acceptors (Lipinski definition) is 3. The van der Waals surface area contributed by atoms with Crippen molar-refractivity contribution < 1.29 is 0 Å². The van der Waals surface area contributed by atoms with Crippen LogP contribution in [0.1, 0.15) is 22.7 Å². The van der Waals surface area contributed by atoms with Crippen LogP contribution in [0.25, 0.3) is 0 Å². The van der Waals surface area contributed by atoms with Crippen LogP contribution in [0.4, 0.5) is 0 Å². The van der Waals surface area contributed by atoms with Crippen LogP contribution in [0.2, 0.25) is 0 Å².